The Morgan fingerprint density at radius 3 is 2.85 bits per heavy atom. The molecule has 1 aromatic carbocycles. The smallest absolute Gasteiger partial charge is 0.252 e. The summed E-state index contributed by atoms with van der Waals surface area (Å²) in [6.07, 6.45) is 3.88. The van der Waals surface area contributed by atoms with E-state index in [-0.39, 0.29) is 11.9 Å². The van der Waals surface area contributed by atoms with Crippen molar-refractivity contribution in [1.29, 1.82) is 0 Å². The number of benzene rings is 1. The summed E-state index contributed by atoms with van der Waals surface area (Å²) >= 11 is 0. The summed E-state index contributed by atoms with van der Waals surface area (Å²) in [7, 11) is 0. The van der Waals surface area contributed by atoms with E-state index in [0.717, 1.165) is 29.6 Å². The van der Waals surface area contributed by atoms with Gasteiger partial charge in [-0.15, -0.1) is 0 Å². The number of pyridine rings is 1. The van der Waals surface area contributed by atoms with Gasteiger partial charge < -0.3 is 5.32 Å². The zero-order valence-electron chi connectivity index (χ0n) is 16.1. The topological polar surface area (TPSA) is 59.8 Å². The number of aromatic nitrogens is 3. The first-order chi connectivity index (χ1) is 13.1. The fourth-order valence-corrected chi connectivity index (χ4v) is 3.73. The average molecular weight is 362 g/mol. The molecular weight excluding hydrogens is 336 g/mol. The SMILES string of the molecule is CCC(C)n1ncc2c(C(=O)NCC3CC3c3ccccc3)cc(C)nc21. The van der Waals surface area contributed by atoms with Crippen LogP contribution < -0.4 is 5.32 Å². The summed E-state index contributed by atoms with van der Waals surface area (Å²) in [5.74, 6) is 1.06. The molecule has 1 N–H and O–H groups in total. The van der Waals surface area contributed by atoms with Crippen LogP contribution in [0.15, 0.2) is 42.6 Å². The van der Waals surface area contributed by atoms with Gasteiger partial charge in [-0.1, -0.05) is 37.3 Å². The maximum atomic E-state index is 12.9. The van der Waals surface area contributed by atoms with Crippen LogP contribution in [-0.2, 0) is 0 Å². The van der Waals surface area contributed by atoms with E-state index in [0.29, 0.717) is 23.9 Å². The van der Waals surface area contributed by atoms with Gasteiger partial charge in [-0.3, -0.25) is 4.79 Å². The van der Waals surface area contributed by atoms with E-state index in [1.165, 1.54) is 5.56 Å². The minimum Gasteiger partial charge on any atom is -0.352 e. The normalized spacial score (nSPS) is 19.8. The standard InChI is InChI=1S/C22H26N4O/c1-4-15(3)26-21-20(13-24-26)19(10-14(2)25-21)22(27)23-12-17-11-18(17)16-8-6-5-7-9-16/h5-10,13,15,17-18H,4,11-12H2,1-3H3,(H,23,27). The van der Waals surface area contributed by atoms with Gasteiger partial charge in [0.25, 0.3) is 5.91 Å². The van der Waals surface area contributed by atoms with Gasteiger partial charge in [0.1, 0.15) is 0 Å². The third kappa shape index (κ3) is 3.46. The molecule has 1 saturated carbocycles. The second-order valence-corrected chi connectivity index (χ2v) is 7.62. The Balaban J connectivity index is 1.49. The second kappa shape index (κ2) is 7.14. The molecule has 1 aliphatic rings. The molecule has 3 atom stereocenters. The van der Waals surface area contributed by atoms with Gasteiger partial charge in [0.2, 0.25) is 0 Å². The molecule has 0 spiro atoms. The highest BCUT2D eigenvalue weighted by molar-refractivity contribution is 6.05. The van der Waals surface area contributed by atoms with E-state index in [4.69, 9.17) is 0 Å². The first-order valence-electron chi connectivity index (χ1n) is 9.76. The summed E-state index contributed by atoms with van der Waals surface area (Å²) in [6, 6.07) is 12.7. The third-order valence-electron chi connectivity index (χ3n) is 5.62. The number of nitrogens with zero attached hydrogens (tertiary/aromatic N) is 3. The first kappa shape index (κ1) is 17.7. The van der Waals surface area contributed by atoms with Crippen molar-refractivity contribution in [3.05, 3.63) is 59.4 Å². The Kier molecular flexibility index (Phi) is 4.68. The Bertz CT molecular complexity index is 963. The lowest BCUT2D eigenvalue weighted by Gasteiger charge is -2.11. The highest BCUT2D eigenvalue weighted by Crippen LogP contribution is 2.46. The molecule has 1 aliphatic carbocycles. The second-order valence-electron chi connectivity index (χ2n) is 7.62. The molecule has 0 saturated heterocycles. The number of hydrogen-bond donors (Lipinski definition) is 1. The molecule has 4 rings (SSSR count). The quantitative estimate of drug-likeness (QED) is 0.713. The van der Waals surface area contributed by atoms with Crippen LogP contribution in [0.4, 0.5) is 0 Å². The highest BCUT2D eigenvalue weighted by Gasteiger charge is 2.38. The number of hydrogen-bond acceptors (Lipinski definition) is 3. The van der Waals surface area contributed by atoms with Crippen LogP contribution in [0.25, 0.3) is 11.0 Å². The number of aryl methyl sites for hydroxylation is 1. The number of rotatable bonds is 6. The fraction of sp³-hybridized carbons (Fsp3) is 0.409. The lowest BCUT2D eigenvalue weighted by Crippen LogP contribution is -2.26. The van der Waals surface area contributed by atoms with E-state index in [2.05, 4.69) is 53.5 Å². The zero-order chi connectivity index (χ0) is 19.0. The lowest BCUT2D eigenvalue weighted by atomic mass is 10.1. The number of nitrogens with one attached hydrogen (secondary N) is 1. The van der Waals surface area contributed by atoms with E-state index >= 15 is 0 Å². The minimum absolute atomic E-state index is 0.0343. The predicted octanol–water partition coefficient (Wildman–Crippen LogP) is 4.24. The van der Waals surface area contributed by atoms with Crippen LogP contribution in [-0.4, -0.2) is 27.2 Å². The van der Waals surface area contributed by atoms with Crippen molar-refractivity contribution in [3.8, 4) is 0 Å². The van der Waals surface area contributed by atoms with Crippen molar-refractivity contribution in [2.75, 3.05) is 6.54 Å². The molecule has 5 nitrogen and oxygen atoms in total. The van der Waals surface area contributed by atoms with Crippen LogP contribution in [0.5, 0.6) is 0 Å². The van der Waals surface area contributed by atoms with Crippen LogP contribution in [0.1, 0.15) is 60.3 Å². The maximum Gasteiger partial charge on any atom is 0.252 e. The summed E-state index contributed by atoms with van der Waals surface area (Å²) in [5, 5.41) is 8.44. The Morgan fingerprint density at radius 2 is 2.11 bits per heavy atom. The molecule has 2 heterocycles. The third-order valence-corrected chi connectivity index (χ3v) is 5.62. The van der Waals surface area contributed by atoms with Crippen molar-refractivity contribution >= 4 is 16.9 Å². The predicted molar refractivity (Wildman–Crippen MR) is 107 cm³/mol. The number of carbonyl (C=O) groups is 1. The van der Waals surface area contributed by atoms with Crippen molar-refractivity contribution < 1.29 is 4.79 Å². The average Bonchev–Trinajstić information content (AvgIpc) is 3.35. The highest BCUT2D eigenvalue weighted by atomic mass is 16.1. The Labute approximate surface area is 159 Å². The molecule has 3 unspecified atom stereocenters. The Hall–Kier alpha value is -2.69. The molecule has 27 heavy (non-hydrogen) atoms. The lowest BCUT2D eigenvalue weighted by molar-refractivity contribution is 0.0953. The largest absolute Gasteiger partial charge is 0.352 e. The van der Waals surface area contributed by atoms with Gasteiger partial charge in [0, 0.05) is 12.2 Å². The number of amides is 1. The summed E-state index contributed by atoms with van der Waals surface area (Å²) in [5.41, 5.74) is 3.67. The number of fused-ring (bicyclic) bond motifs is 1. The molecule has 140 valence electrons. The van der Waals surface area contributed by atoms with Gasteiger partial charge in [0.15, 0.2) is 5.65 Å². The van der Waals surface area contributed by atoms with E-state index in [1.807, 2.05) is 23.7 Å². The van der Waals surface area contributed by atoms with Crippen molar-refractivity contribution in [2.24, 2.45) is 5.92 Å². The van der Waals surface area contributed by atoms with Crippen molar-refractivity contribution in [2.45, 2.75) is 45.6 Å². The van der Waals surface area contributed by atoms with Gasteiger partial charge in [0.05, 0.1) is 23.2 Å². The van der Waals surface area contributed by atoms with Crippen LogP contribution >= 0.6 is 0 Å². The van der Waals surface area contributed by atoms with Crippen LogP contribution in [0.2, 0.25) is 0 Å². The molecule has 0 aliphatic heterocycles. The Morgan fingerprint density at radius 1 is 1.33 bits per heavy atom. The van der Waals surface area contributed by atoms with Crippen LogP contribution in [0, 0.1) is 12.8 Å². The van der Waals surface area contributed by atoms with Gasteiger partial charge in [-0.05, 0) is 50.2 Å². The molecule has 1 fully saturated rings. The molecule has 1 amide bonds. The fourth-order valence-electron chi connectivity index (χ4n) is 3.73. The van der Waals surface area contributed by atoms with Crippen molar-refractivity contribution in [1.82, 2.24) is 20.1 Å². The van der Waals surface area contributed by atoms with Gasteiger partial charge in [-0.2, -0.15) is 5.10 Å². The maximum absolute atomic E-state index is 12.9. The van der Waals surface area contributed by atoms with Gasteiger partial charge >= 0.3 is 0 Å². The van der Waals surface area contributed by atoms with Crippen LogP contribution in [0.3, 0.4) is 0 Å². The molecule has 2 aromatic heterocycles. The molecule has 0 bridgehead atoms. The van der Waals surface area contributed by atoms with Gasteiger partial charge in [-0.25, -0.2) is 9.67 Å². The summed E-state index contributed by atoms with van der Waals surface area (Å²) in [4.78, 5) is 17.5. The summed E-state index contributed by atoms with van der Waals surface area (Å²) in [6.45, 7) is 6.88. The van der Waals surface area contributed by atoms with E-state index in [9.17, 15) is 4.79 Å². The monoisotopic (exact) mass is 362 g/mol. The first-order valence-corrected chi connectivity index (χ1v) is 9.76. The number of carbonyl (C=O) groups excluding carboxylic acids is 1. The van der Waals surface area contributed by atoms with Crippen molar-refractivity contribution in [3.63, 3.8) is 0 Å². The van der Waals surface area contributed by atoms with E-state index in [1.54, 1.807) is 6.20 Å². The molecule has 5 heteroatoms. The van der Waals surface area contributed by atoms with E-state index < -0.39 is 0 Å². The minimum atomic E-state index is -0.0343. The molecule has 0 radical (unpaired) electrons. The molecule has 3 aromatic rings. The zero-order valence-corrected chi connectivity index (χ0v) is 16.1. The molecular formula is C22H26N4O. The summed E-state index contributed by atoms with van der Waals surface area (Å²) < 4.78 is 1.92.